The number of para-hydroxylation sites is 2. The van der Waals surface area contributed by atoms with Gasteiger partial charge in [0.25, 0.3) is 0 Å². The second-order valence-electron chi connectivity index (χ2n) is 7.39. The third kappa shape index (κ3) is 3.15. The highest BCUT2D eigenvalue weighted by molar-refractivity contribution is 7.95. The molecule has 1 saturated carbocycles. The van der Waals surface area contributed by atoms with Crippen LogP contribution in [0.15, 0.2) is 95.9 Å². The minimum Gasteiger partial charge on any atom is -0.233 e. The van der Waals surface area contributed by atoms with Crippen LogP contribution in [-0.4, -0.2) is 16.2 Å². The monoisotopic (exact) mass is 373 g/mol. The maximum absolute atomic E-state index is 2.72. The third-order valence-corrected chi connectivity index (χ3v) is 8.16. The number of hydrogen-bond donors (Lipinski definition) is 0. The minimum absolute atomic E-state index is 0.0909. The van der Waals surface area contributed by atoms with Crippen molar-refractivity contribution in [2.75, 3.05) is 10.8 Å². The summed E-state index contributed by atoms with van der Waals surface area (Å²) in [5.74, 6) is 2.09. The summed E-state index contributed by atoms with van der Waals surface area (Å²) in [6.07, 6.45) is 4.03. The topological polar surface area (TPSA) is 6.48 Å². The van der Waals surface area contributed by atoms with E-state index in [2.05, 4.69) is 100 Å². The zero-order valence-electron chi connectivity index (χ0n) is 15.4. The number of hydrogen-bond acceptors (Lipinski definition) is 2. The summed E-state index contributed by atoms with van der Waals surface area (Å²) in [4.78, 5) is 1.46. The Bertz CT molecular complexity index is 829. The van der Waals surface area contributed by atoms with Crippen molar-refractivity contribution in [2.24, 2.45) is 5.92 Å². The predicted molar refractivity (Wildman–Crippen MR) is 115 cm³/mol. The van der Waals surface area contributed by atoms with Gasteiger partial charge in [0, 0.05) is 5.92 Å². The van der Waals surface area contributed by atoms with Crippen LogP contribution in [0.5, 0.6) is 0 Å². The van der Waals surface area contributed by atoms with Gasteiger partial charge < -0.3 is 0 Å². The van der Waals surface area contributed by atoms with E-state index in [-0.39, 0.29) is 11.1 Å². The first kappa shape index (κ1) is 16.9. The summed E-state index contributed by atoms with van der Waals surface area (Å²) >= 11 is 0.0909. The summed E-state index contributed by atoms with van der Waals surface area (Å²) in [7, 11) is 0. The Morgan fingerprint density at radius 1 is 0.704 bits per heavy atom. The average Bonchev–Trinajstić information content (AvgIpc) is 3.33. The van der Waals surface area contributed by atoms with Gasteiger partial charge in [-0.15, -0.1) is 0 Å². The molecule has 3 aromatic rings. The fraction of sp³-hybridized carbons (Fsp3) is 0.250. The molecule has 2 fully saturated rings. The molecule has 0 amide bonds. The SMILES string of the molecule is c1ccc(N(c2ccccc2)N2C3CCCC3C[S+]2c2ccccc2)cc1. The normalized spacial score (nSPS) is 24.7. The van der Waals surface area contributed by atoms with Crippen molar-refractivity contribution in [1.29, 1.82) is 0 Å². The van der Waals surface area contributed by atoms with E-state index in [1.807, 2.05) is 0 Å². The predicted octanol–water partition coefficient (Wildman–Crippen LogP) is 5.82. The number of benzene rings is 3. The molecule has 0 spiro atoms. The molecule has 0 N–H and O–H groups in total. The lowest BCUT2D eigenvalue weighted by Crippen LogP contribution is -2.45. The van der Waals surface area contributed by atoms with Gasteiger partial charge in [-0.1, -0.05) is 61.0 Å². The first-order chi connectivity index (χ1) is 13.4. The summed E-state index contributed by atoms with van der Waals surface area (Å²) in [5.41, 5.74) is 2.51. The van der Waals surface area contributed by atoms with Gasteiger partial charge in [-0.2, -0.15) is 0 Å². The maximum Gasteiger partial charge on any atom is 0.177 e. The van der Waals surface area contributed by atoms with Gasteiger partial charge in [0.1, 0.15) is 16.8 Å². The molecule has 0 radical (unpaired) electrons. The van der Waals surface area contributed by atoms with Crippen LogP contribution in [-0.2, 0) is 11.1 Å². The van der Waals surface area contributed by atoms with Crippen LogP contribution < -0.4 is 5.01 Å². The van der Waals surface area contributed by atoms with Crippen molar-refractivity contribution in [2.45, 2.75) is 30.2 Å². The smallest absolute Gasteiger partial charge is 0.177 e. The van der Waals surface area contributed by atoms with Crippen LogP contribution in [0, 0.1) is 5.92 Å². The van der Waals surface area contributed by atoms with E-state index in [1.54, 1.807) is 0 Å². The van der Waals surface area contributed by atoms with Gasteiger partial charge in [0.05, 0.1) is 17.4 Å². The molecule has 0 bridgehead atoms. The molecular weight excluding hydrogens is 348 g/mol. The molecule has 3 aromatic carbocycles. The molecule has 3 atom stereocenters. The second kappa shape index (κ2) is 7.41. The van der Waals surface area contributed by atoms with E-state index in [1.165, 1.54) is 41.3 Å². The van der Waals surface area contributed by atoms with Crippen molar-refractivity contribution >= 4 is 22.5 Å². The van der Waals surface area contributed by atoms with Gasteiger partial charge in [-0.05, 0) is 53.7 Å². The molecule has 0 aromatic heterocycles. The van der Waals surface area contributed by atoms with Crippen molar-refractivity contribution < 1.29 is 0 Å². The maximum atomic E-state index is 2.72. The van der Waals surface area contributed by atoms with Crippen LogP contribution in [0.2, 0.25) is 0 Å². The average molecular weight is 374 g/mol. The molecular formula is C24H25N2S+. The fourth-order valence-electron chi connectivity index (χ4n) is 4.49. The summed E-state index contributed by atoms with van der Waals surface area (Å²) in [6, 6.07) is 33.5. The lowest BCUT2D eigenvalue weighted by Gasteiger charge is -2.34. The Labute approximate surface area is 164 Å². The molecule has 1 aliphatic carbocycles. The quantitative estimate of drug-likeness (QED) is 0.532. The molecule has 2 nitrogen and oxygen atoms in total. The van der Waals surface area contributed by atoms with E-state index in [4.69, 9.17) is 0 Å². The lowest BCUT2D eigenvalue weighted by molar-refractivity contribution is 0.330. The highest BCUT2D eigenvalue weighted by Crippen LogP contribution is 2.46. The first-order valence-corrected chi connectivity index (χ1v) is 11.2. The van der Waals surface area contributed by atoms with Crippen molar-refractivity contribution in [3.8, 4) is 0 Å². The number of anilines is 2. The van der Waals surface area contributed by atoms with Crippen molar-refractivity contribution in [3.63, 3.8) is 0 Å². The number of fused-ring (bicyclic) bond motifs is 1. The van der Waals surface area contributed by atoms with Crippen LogP contribution in [0.3, 0.4) is 0 Å². The zero-order chi connectivity index (χ0) is 18.1. The molecule has 5 rings (SSSR count). The molecule has 1 heterocycles. The molecule has 136 valence electrons. The van der Waals surface area contributed by atoms with E-state index in [0.29, 0.717) is 6.04 Å². The highest BCUT2D eigenvalue weighted by atomic mass is 32.2. The number of rotatable bonds is 4. The Morgan fingerprint density at radius 2 is 1.26 bits per heavy atom. The Morgan fingerprint density at radius 3 is 1.85 bits per heavy atom. The minimum atomic E-state index is 0.0909. The van der Waals surface area contributed by atoms with Gasteiger partial charge in [0.2, 0.25) is 0 Å². The molecule has 27 heavy (non-hydrogen) atoms. The fourth-order valence-corrected chi connectivity index (χ4v) is 7.31. The van der Waals surface area contributed by atoms with E-state index < -0.39 is 0 Å². The Kier molecular flexibility index (Phi) is 4.64. The van der Waals surface area contributed by atoms with Gasteiger partial charge in [0.15, 0.2) is 4.90 Å². The van der Waals surface area contributed by atoms with Crippen LogP contribution in [0.25, 0.3) is 0 Å². The number of hydrazine groups is 1. The van der Waals surface area contributed by atoms with Crippen LogP contribution >= 0.6 is 0 Å². The first-order valence-electron chi connectivity index (χ1n) is 9.87. The van der Waals surface area contributed by atoms with Crippen molar-refractivity contribution in [1.82, 2.24) is 4.41 Å². The summed E-state index contributed by atoms with van der Waals surface area (Å²) in [5, 5.41) is 2.49. The second-order valence-corrected chi connectivity index (χ2v) is 9.30. The van der Waals surface area contributed by atoms with Crippen LogP contribution in [0.4, 0.5) is 11.4 Å². The molecule has 3 unspecified atom stereocenters. The van der Waals surface area contributed by atoms with Gasteiger partial charge in [-0.25, -0.2) is 5.01 Å². The summed E-state index contributed by atoms with van der Waals surface area (Å²) < 4.78 is 2.72. The van der Waals surface area contributed by atoms with E-state index >= 15 is 0 Å². The van der Waals surface area contributed by atoms with E-state index in [9.17, 15) is 0 Å². The standard InChI is InChI=1S/C24H25N2S/c1-4-12-21(13-5-1)25(22-14-6-2-7-15-22)26-24-18-10-11-20(24)19-27(26)23-16-8-3-9-17-23/h1-9,12-17,20,24H,10-11,18-19H2/q+1. The molecule has 3 heteroatoms. The Hall–Kier alpha value is -2.23. The zero-order valence-corrected chi connectivity index (χ0v) is 16.3. The van der Waals surface area contributed by atoms with E-state index in [0.717, 1.165) is 5.92 Å². The van der Waals surface area contributed by atoms with Gasteiger partial charge in [-0.3, -0.25) is 0 Å². The summed E-state index contributed by atoms with van der Waals surface area (Å²) in [6.45, 7) is 0. The molecule has 2 aliphatic rings. The van der Waals surface area contributed by atoms with Crippen molar-refractivity contribution in [3.05, 3.63) is 91.0 Å². The number of nitrogens with zero attached hydrogens (tertiary/aromatic N) is 2. The van der Waals surface area contributed by atoms with Crippen LogP contribution in [0.1, 0.15) is 19.3 Å². The molecule has 1 aliphatic heterocycles. The lowest BCUT2D eigenvalue weighted by atomic mass is 10.1. The van der Waals surface area contributed by atoms with Gasteiger partial charge >= 0.3 is 0 Å². The molecule has 1 saturated heterocycles. The third-order valence-electron chi connectivity index (χ3n) is 5.71. The Balaban J connectivity index is 1.63. The largest absolute Gasteiger partial charge is 0.233 e. The highest BCUT2D eigenvalue weighted by Gasteiger charge is 2.55.